The standard InChI is InChI=1S/C15H16BrN3OS.C2HF3O2/c16-12-4-2-1-3-11(12)13-9-21-15(18-13)19-7-5-10(6-8-19)14(17)20;3-2(4,5)1(6)7/h1-4,9-10H,5-8H2,(H2,17,20);(H,6,7). The van der Waals surface area contributed by atoms with Crippen LogP contribution in [0.2, 0.25) is 0 Å². The monoisotopic (exact) mass is 479 g/mol. The number of amides is 1. The highest BCUT2D eigenvalue weighted by Crippen LogP contribution is 2.33. The smallest absolute Gasteiger partial charge is 0.475 e. The summed E-state index contributed by atoms with van der Waals surface area (Å²) in [5, 5.41) is 10.2. The van der Waals surface area contributed by atoms with Crippen molar-refractivity contribution in [2.45, 2.75) is 19.0 Å². The number of halogens is 4. The van der Waals surface area contributed by atoms with E-state index in [1.165, 1.54) is 0 Å². The lowest BCUT2D eigenvalue weighted by Crippen LogP contribution is -2.38. The number of carbonyl (C=O) groups excluding carboxylic acids is 1. The highest BCUT2D eigenvalue weighted by molar-refractivity contribution is 9.10. The molecule has 3 rings (SSSR count). The van der Waals surface area contributed by atoms with Crippen LogP contribution in [-0.4, -0.2) is 41.2 Å². The quantitative estimate of drug-likeness (QED) is 0.695. The van der Waals surface area contributed by atoms with Gasteiger partial charge in [-0.25, -0.2) is 9.78 Å². The first-order valence-electron chi connectivity index (χ1n) is 8.14. The van der Waals surface area contributed by atoms with E-state index in [0.717, 1.165) is 46.8 Å². The molecule has 0 radical (unpaired) electrons. The lowest BCUT2D eigenvalue weighted by molar-refractivity contribution is -0.192. The number of carboxylic acid groups (broad SMARTS) is 1. The molecule has 1 saturated heterocycles. The summed E-state index contributed by atoms with van der Waals surface area (Å²) in [6, 6.07) is 8.09. The van der Waals surface area contributed by atoms with E-state index in [1.807, 2.05) is 18.2 Å². The summed E-state index contributed by atoms with van der Waals surface area (Å²) >= 11 is 5.21. The fourth-order valence-electron chi connectivity index (χ4n) is 2.56. The molecule has 1 amide bonds. The van der Waals surface area contributed by atoms with Crippen LogP contribution in [0.3, 0.4) is 0 Å². The maximum absolute atomic E-state index is 11.2. The largest absolute Gasteiger partial charge is 0.490 e. The first-order valence-corrected chi connectivity index (χ1v) is 9.81. The number of aliphatic carboxylic acids is 1. The molecule has 1 aliphatic heterocycles. The molecule has 0 bridgehead atoms. The highest BCUT2D eigenvalue weighted by atomic mass is 79.9. The second-order valence-electron chi connectivity index (χ2n) is 5.96. The average Bonchev–Trinajstić information content (AvgIpc) is 3.12. The fraction of sp³-hybridized carbons (Fsp3) is 0.353. The van der Waals surface area contributed by atoms with Gasteiger partial charge in [0.15, 0.2) is 5.13 Å². The van der Waals surface area contributed by atoms with Gasteiger partial charge in [-0.3, -0.25) is 4.79 Å². The van der Waals surface area contributed by atoms with Gasteiger partial charge in [-0.1, -0.05) is 34.1 Å². The van der Waals surface area contributed by atoms with Crippen LogP contribution in [0.4, 0.5) is 18.3 Å². The molecule has 1 aromatic carbocycles. The molecule has 2 aromatic rings. The number of primary amides is 1. The van der Waals surface area contributed by atoms with Gasteiger partial charge in [0.1, 0.15) is 0 Å². The van der Waals surface area contributed by atoms with Crippen LogP contribution in [0.1, 0.15) is 12.8 Å². The van der Waals surface area contributed by atoms with E-state index >= 15 is 0 Å². The maximum Gasteiger partial charge on any atom is 0.490 e. The third kappa shape index (κ3) is 5.93. The minimum absolute atomic E-state index is 0.0175. The molecule has 0 aliphatic carbocycles. The fourth-order valence-corrected chi connectivity index (χ4v) is 3.92. The summed E-state index contributed by atoms with van der Waals surface area (Å²) in [6.07, 6.45) is -3.45. The van der Waals surface area contributed by atoms with Gasteiger partial charge in [-0.15, -0.1) is 11.3 Å². The number of piperidine rings is 1. The van der Waals surface area contributed by atoms with Gasteiger partial charge >= 0.3 is 12.1 Å². The molecule has 28 heavy (non-hydrogen) atoms. The molecule has 1 aliphatic rings. The number of alkyl halides is 3. The Bertz CT molecular complexity index is 836. The summed E-state index contributed by atoms with van der Waals surface area (Å²) in [5.74, 6) is -2.92. The Morgan fingerprint density at radius 1 is 1.25 bits per heavy atom. The normalized spacial score (nSPS) is 14.9. The number of benzene rings is 1. The summed E-state index contributed by atoms with van der Waals surface area (Å²) in [4.78, 5) is 27.1. The van der Waals surface area contributed by atoms with E-state index in [2.05, 4.69) is 32.3 Å². The molecule has 0 unspecified atom stereocenters. The van der Waals surface area contributed by atoms with E-state index in [9.17, 15) is 18.0 Å². The van der Waals surface area contributed by atoms with Crippen LogP contribution in [0.15, 0.2) is 34.1 Å². The molecule has 6 nitrogen and oxygen atoms in total. The van der Waals surface area contributed by atoms with E-state index in [0.29, 0.717) is 0 Å². The predicted octanol–water partition coefficient (Wildman–Crippen LogP) is 3.91. The van der Waals surface area contributed by atoms with Crippen molar-refractivity contribution in [3.63, 3.8) is 0 Å². The number of thiazole rings is 1. The Morgan fingerprint density at radius 3 is 2.32 bits per heavy atom. The minimum atomic E-state index is -5.08. The van der Waals surface area contributed by atoms with Crippen molar-refractivity contribution in [2.24, 2.45) is 11.7 Å². The van der Waals surface area contributed by atoms with Gasteiger partial charge in [0, 0.05) is 34.4 Å². The van der Waals surface area contributed by atoms with Crippen LogP contribution < -0.4 is 10.6 Å². The van der Waals surface area contributed by atoms with Gasteiger partial charge in [0.25, 0.3) is 0 Å². The Morgan fingerprint density at radius 2 is 1.82 bits per heavy atom. The van der Waals surface area contributed by atoms with Gasteiger partial charge in [0.2, 0.25) is 5.91 Å². The first kappa shape index (κ1) is 22.2. The number of rotatable bonds is 3. The van der Waals surface area contributed by atoms with Crippen molar-refractivity contribution in [1.29, 1.82) is 0 Å². The maximum atomic E-state index is 11.2. The van der Waals surface area contributed by atoms with Crippen LogP contribution in [0, 0.1) is 5.92 Å². The first-order chi connectivity index (χ1) is 13.1. The number of carbonyl (C=O) groups is 2. The van der Waals surface area contributed by atoms with Gasteiger partial charge in [-0.2, -0.15) is 13.2 Å². The van der Waals surface area contributed by atoms with Crippen LogP contribution >= 0.6 is 27.3 Å². The lowest BCUT2D eigenvalue weighted by Gasteiger charge is -2.30. The zero-order chi connectivity index (χ0) is 20.9. The van der Waals surface area contributed by atoms with Crippen molar-refractivity contribution in [3.05, 3.63) is 34.1 Å². The number of hydrogen-bond donors (Lipinski definition) is 2. The predicted molar refractivity (Wildman–Crippen MR) is 103 cm³/mol. The van der Waals surface area contributed by atoms with Crippen molar-refractivity contribution >= 4 is 44.3 Å². The molecule has 0 saturated carbocycles. The molecule has 152 valence electrons. The van der Waals surface area contributed by atoms with E-state index < -0.39 is 12.1 Å². The molecule has 1 aromatic heterocycles. The summed E-state index contributed by atoms with van der Waals surface area (Å²) in [5.41, 5.74) is 7.46. The highest BCUT2D eigenvalue weighted by Gasteiger charge is 2.38. The summed E-state index contributed by atoms with van der Waals surface area (Å²) in [7, 11) is 0. The number of nitrogens with two attached hydrogens (primary N) is 1. The van der Waals surface area contributed by atoms with Crippen LogP contribution in [0.5, 0.6) is 0 Å². The van der Waals surface area contributed by atoms with Gasteiger partial charge in [0.05, 0.1) is 5.69 Å². The third-order valence-corrected chi connectivity index (χ3v) is 5.65. The van der Waals surface area contributed by atoms with Crippen molar-refractivity contribution in [3.8, 4) is 11.3 Å². The molecule has 0 atom stereocenters. The third-order valence-electron chi connectivity index (χ3n) is 4.05. The second-order valence-corrected chi connectivity index (χ2v) is 7.65. The summed E-state index contributed by atoms with van der Waals surface area (Å²) in [6.45, 7) is 1.69. The minimum Gasteiger partial charge on any atom is -0.475 e. The number of carboxylic acids is 1. The van der Waals surface area contributed by atoms with Crippen molar-refractivity contribution in [2.75, 3.05) is 18.0 Å². The van der Waals surface area contributed by atoms with E-state index in [4.69, 9.17) is 20.6 Å². The SMILES string of the molecule is NC(=O)C1CCN(c2nc(-c3ccccc3Br)cs2)CC1.O=C(O)C(F)(F)F. The van der Waals surface area contributed by atoms with Crippen LogP contribution in [0.25, 0.3) is 11.3 Å². The molecular formula is C17H17BrF3N3O3S. The average molecular weight is 480 g/mol. The zero-order valence-corrected chi connectivity index (χ0v) is 16.9. The Balaban J connectivity index is 0.000000345. The van der Waals surface area contributed by atoms with E-state index in [-0.39, 0.29) is 11.8 Å². The molecule has 11 heteroatoms. The molecule has 3 N–H and O–H groups in total. The lowest BCUT2D eigenvalue weighted by atomic mass is 9.97. The van der Waals surface area contributed by atoms with Gasteiger partial charge < -0.3 is 15.7 Å². The molecular weight excluding hydrogens is 463 g/mol. The number of anilines is 1. The number of aromatic nitrogens is 1. The number of nitrogens with zero attached hydrogens (tertiary/aromatic N) is 2. The van der Waals surface area contributed by atoms with Crippen LogP contribution in [-0.2, 0) is 9.59 Å². The molecule has 0 spiro atoms. The molecule has 1 fully saturated rings. The zero-order valence-electron chi connectivity index (χ0n) is 14.4. The van der Waals surface area contributed by atoms with Crippen molar-refractivity contribution < 1.29 is 27.9 Å². The topological polar surface area (TPSA) is 96.5 Å². The Hall–Kier alpha value is -2.14. The summed E-state index contributed by atoms with van der Waals surface area (Å²) < 4.78 is 32.8. The van der Waals surface area contributed by atoms with Gasteiger partial charge in [-0.05, 0) is 18.9 Å². The Labute approximate surface area is 171 Å². The second kappa shape index (κ2) is 9.37. The number of hydrogen-bond acceptors (Lipinski definition) is 5. The van der Waals surface area contributed by atoms with Crippen molar-refractivity contribution in [1.82, 2.24) is 4.98 Å². The van der Waals surface area contributed by atoms with E-state index in [1.54, 1.807) is 11.3 Å². The Kier molecular flexibility index (Phi) is 7.41. The molecule has 2 heterocycles.